The van der Waals surface area contributed by atoms with Crippen LogP contribution in [0.4, 0.5) is 5.69 Å². The van der Waals surface area contributed by atoms with E-state index in [-0.39, 0.29) is 5.91 Å². The van der Waals surface area contributed by atoms with Crippen LogP contribution in [0.5, 0.6) is 0 Å². The average molecular weight is 338 g/mol. The molecule has 0 radical (unpaired) electrons. The zero-order chi connectivity index (χ0) is 18.0. The van der Waals surface area contributed by atoms with E-state index in [9.17, 15) is 4.79 Å². The molecule has 0 atom stereocenters. The molecular weight excluding hydrogens is 316 g/mol. The Labute approximate surface area is 146 Å². The molecule has 1 amide bonds. The van der Waals surface area contributed by atoms with Gasteiger partial charge in [-0.25, -0.2) is 9.97 Å². The largest absolute Gasteiger partial charge is 0.320 e. The molecule has 0 bridgehead atoms. The van der Waals surface area contributed by atoms with Crippen molar-refractivity contribution in [3.05, 3.63) is 54.0 Å². The first kappa shape index (κ1) is 16.9. The molecule has 0 aliphatic heterocycles. The Kier molecular flexibility index (Phi) is 4.65. The average Bonchev–Trinajstić information content (AvgIpc) is 3.14. The summed E-state index contributed by atoms with van der Waals surface area (Å²) in [4.78, 5) is 21.1. The summed E-state index contributed by atoms with van der Waals surface area (Å²) in [5, 5.41) is 7.18. The zero-order valence-corrected chi connectivity index (χ0v) is 14.9. The van der Waals surface area contributed by atoms with Crippen LogP contribution in [0.2, 0.25) is 0 Å². The number of carbonyl (C=O) groups is 1. The number of nitrogens with one attached hydrogen (secondary N) is 1. The van der Waals surface area contributed by atoms with Crippen LogP contribution in [0.3, 0.4) is 0 Å². The van der Waals surface area contributed by atoms with E-state index >= 15 is 0 Å². The van der Waals surface area contributed by atoms with E-state index in [2.05, 4.69) is 34.2 Å². The first-order valence-electron chi connectivity index (χ1n) is 8.26. The Bertz CT molecular complexity index is 875. The summed E-state index contributed by atoms with van der Waals surface area (Å²) >= 11 is 0. The Morgan fingerprint density at radius 3 is 2.60 bits per heavy atom. The highest BCUT2D eigenvalue weighted by atomic mass is 16.1. The SMILES string of the molecule is Cc1nccn1-c1ccc(NC(=O)c2cnn(CC(C)C)c2C)cn1. The quantitative estimate of drug-likeness (QED) is 0.776. The first-order valence-corrected chi connectivity index (χ1v) is 8.26. The van der Waals surface area contributed by atoms with Gasteiger partial charge < -0.3 is 5.32 Å². The Hall–Kier alpha value is -2.96. The molecule has 0 fully saturated rings. The number of rotatable bonds is 5. The highest BCUT2D eigenvalue weighted by Crippen LogP contribution is 2.15. The van der Waals surface area contributed by atoms with E-state index in [4.69, 9.17) is 0 Å². The third kappa shape index (κ3) is 3.60. The van der Waals surface area contributed by atoms with Gasteiger partial charge in [0.2, 0.25) is 0 Å². The van der Waals surface area contributed by atoms with E-state index < -0.39 is 0 Å². The molecule has 0 saturated carbocycles. The maximum absolute atomic E-state index is 12.5. The van der Waals surface area contributed by atoms with Crippen LogP contribution in [0.25, 0.3) is 5.82 Å². The smallest absolute Gasteiger partial charge is 0.259 e. The molecule has 1 N–H and O–H groups in total. The van der Waals surface area contributed by atoms with Crippen molar-refractivity contribution in [2.75, 3.05) is 5.32 Å². The second-order valence-corrected chi connectivity index (χ2v) is 6.42. The van der Waals surface area contributed by atoms with Crippen molar-refractivity contribution in [3.8, 4) is 5.82 Å². The molecule has 130 valence electrons. The normalized spacial score (nSPS) is 11.1. The van der Waals surface area contributed by atoms with Gasteiger partial charge in [-0.3, -0.25) is 14.0 Å². The van der Waals surface area contributed by atoms with E-state index in [1.165, 1.54) is 0 Å². The van der Waals surface area contributed by atoms with Gasteiger partial charge in [0.25, 0.3) is 5.91 Å². The topological polar surface area (TPSA) is 77.6 Å². The lowest BCUT2D eigenvalue weighted by atomic mass is 10.2. The fourth-order valence-electron chi connectivity index (χ4n) is 2.62. The molecule has 0 saturated heterocycles. The number of amides is 1. The number of anilines is 1. The Balaban J connectivity index is 1.73. The second-order valence-electron chi connectivity index (χ2n) is 6.42. The van der Waals surface area contributed by atoms with E-state index in [1.807, 2.05) is 41.4 Å². The predicted octanol–water partition coefficient (Wildman–Crippen LogP) is 2.99. The summed E-state index contributed by atoms with van der Waals surface area (Å²) < 4.78 is 3.74. The van der Waals surface area contributed by atoms with Gasteiger partial charge in [-0.15, -0.1) is 0 Å². The lowest BCUT2D eigenvalue weighted by Gasteiger charge is -2.09. The number of aryl methyl sites for hydroxylation is 1. The number of carbonyl (C=O) groups excluding carboxylic acids is 1. The van der Waals surface area contributed by atoms with Gasteiger partial charge in [0, 0.05) is 24.6 Å². The summed E-state index contributed by atoms with van der Waals surface area (Å²) in [6, 6.07) is 3.67. The standard InChI is InChI=1S/C18H22N6O/c1-12(2)11-24-13(3)16(10-21-24)18(25)22-15-5-6-17(20-9-15)23-8-7-19-14(23)4/h5-10,12H,11H2,1-4H3,(H,22,25). The van der Waals surface area contributed by atoms with E-state index in [1.54, 1.807) is 18.6 Å². The first-order chi connectivity index (χ1) is 12.0. The van der Waals surface area contributed by atoms with Gasteiger partial charge in [0.1, 0.15) is 11.6 Å². The molecule has 0 aliphatic rings. The Morgan fingerprint density at radius 1 is 1.20 bits per heavy atom. The molecule has 7 nitrogen and oxygen atoms in total. The van der Waals surface area contributed by atoms with Crippen molar-refractivity contribution in [2.24, 2.45) is 5.92 Å². The highest BCUT2D eigenvalue weighted by Gasteiger charge is 2.15. The van der Waals surface area contributed by atoms with Crippen molar-refractivity contribution in [1.82, 2.24) is 24.3 Å². The molecular formula is C18H22N6O. The second kappa shape index (κ2) is 6.88. The van der Waals surface area contributed by atoms with Gasteiger partial charge in [-0.1, -0.05) is 13.8 Å². The number of nitrogens with zero attached hydrogens (tertiary/aromatic N) is 5. The maximum Gasteiger partial charge on any atom is 0.259 e. The summed E-state index contributed by atoms with van der Waals surface area (Å²) in [7, 11) is 0. The predicted molar refractivity (Wildman–Crippen MR) is 95.9 cm³/mol. The Morgan fingerprint density at radius 2 is 2.00 bits per heavy atom. The minimum atomic E-state index is -0.180. The number of imidazole rings is 1. The van der Waals surface area contributed by atoms with Gasteiger partial charge in [-0.2, -0.15) is 5.10 Å². The summed E-state index contributed by atoms with van der Waals surface area (Å²) in [6.07, 6.45) is 6.83. The summed E-state index contributed by atoms with van der Waals surface area (Å²) in [5.41, 5.74) is 2.09. The van der Waals surface area contributed by atoms with Crippen LogP contribution < -0.4 is 5.32 Å². The summed E-state index contributed by atoms with van der Waals surface area (Å²) in [5.74, 6) is 1.91. The van der Waals surface area contributed by atoms with Crippen molar-refractivity contribution in [1.29, 1.82) is 0 Å². The third-order valence-electron chi connectivity index (χ3n) is 3.96. The minimum absolute atomic E-state index is 0.180. The van der Waals surface area contributed by atoms with Crippen LogP contribution in [-0.2, 0) is 6.54 Å². The van der Waals surface area contributed by atoms with Gasteiger partial charge in [0.15, 0.2) is 0 Å². The molecule has 3 rings (SSSR count). The lowest BCUT2D eigenvalue weighted by Crippen LogP contribution is -2.14. The van der Waals surface area contributed by atoms with Crippen molar-refractivity contribution < 1.29 is 4.79 Å². The monoisotopic (exact) mass is 338 g/mol. The number of pyridine rings is 1. The van der Waals surface area contributed by atoms with Crippen molar-refractivity contribution >= 4 is 11.6 Å². The van der Waals surface area contributed by atoms with Crippen LogP contribution >= 0.6 is 0 Å². The maximum atomic E-state index is 12.5. The molecule has 0 unspecified atom stereocenters. The molecule has 3 aromatic heterocycles. The molecule has 0 spiro atoms. The lowest BCUT2D eigenvalue weighted by molar-refractivity contribution is 0.102. The van der Waals surface area contributed by atoms with Gasteiger partial charge in [0.05, 0.1) is 23.6 Å². The number of aromatic nitrogens is 5. The van der Waals surface area contributed by atoms with Crippen molar-refractivity contribution in [2.45, 2.75) is 34.2 Å². The van der Waals surface area contributed by atoms with E-state index in [0.29, 0.717) is 17.2 Å². The molecule has 3 heterocycles. The molecule has 0 aliphatic carbocycles. The summed E-state index contributed by atoms with van der Waals surface area (Å²) in [6.45, 7) is 8.86. The molecule has 0 aromatic carbocycles. The highest BCUT2D eigenvalue weighted by molar-refractivity contribution is 6.04. The van der Waals surface area contributed by atoms with Crippen molar-refractivity contribution in [3.63, 3.8) is 0 Å². The van der Waals surface area contributed by atoms with Crippen LogP contribution in [-0.4, -0.2) is 30.2 Å². The van der Waals surface area contributed by atoms with Crippen LogP contribution in [0.15, 0.2) is 36.9 Å². The third-order valence-corrected chi connectivity index (χ3v) is 3.96. The minimum Gasteiger partial charge on any atom is -0.320 e. The van der Waals surface area contributed by atoms with Gasteiger partial charge >= 0.3 is 0 Å². The van der Waals surface area contributed by atoms with E-state index in [0.717, 1.165) is 23.9 Å². The molecule has 7 heteroatoms. The van der Waals surface area contributed by atoms with Crippen LogP contribution in [0.1, 0.15) is 35.7 Å². The number of hydrogen-bond donors (Lipinski definition) is 1. The number of hydrogen-bond acceptors (Lipinski definition) is 4. The fourth-order valence-corrected chi connectivity index (χ4v) is 2.62. The fraction of sp³-hybridized carbons (Fsp3) is 0.333. The van der Waals surface area contributed by atoms with Crippen LogP contribution in [0, 0.1) is 19.8 Å². The van der Waals surface area contributed by atoms with Gasteiger partial charge in [-0.05, 0) is 31.9 Å². The molecule has 25 heavy (non-hydrogen) atoms. The zero-order valence-electron chi connectivity index (χ0n) is 14.9. The molecule has 3 aromatic rings.